The van der Waals surface area contributed by atoms with Crippen LogP contribution in [0.4, 0.5) is 0 Å². The first-order valence-electron chi connectivity index (χ1n) is 5.13. The van der Waals surface area contributed by atoms with Crippen LogP contribution < -0.4 is 4.74 Å². The minimum absolute atomic E-state index is 0.306. The number of hydrogen-bond donors (Lipinski definition) is 0. The van der Waals surface area contributed by atoms with E-state index in [2.05, 4.69) is 18.8 Å². The monoisotopic (exact) mass is 236 g/mol. The lowest BCUT2D eigenvalue weighted by Gasteiger charge is -2.12. The summed E-state index contributed by atoms with van der Waals surface area (Å²) in [5.41, 5.74) is 0. The summed E-state index contributed by atoms with van der Waals surface area (Å²) in [5, 5.41) is 0.584. The van der Waals surface area contributed by atoms with Crippen molar-refractivity contribution in [3.05, 3.63) is 41.7 Å². The molecule has 2 rings (SSSR count). The van der Waals surface area contributed by atoms with Crippen LogP contribution in [0.1, 0.15) is 19.9 Å². The number of benzene rings is 1. The maximum Gasteiger partial charge on any atom is 0.302 e. The molecular formula is C12H13ClN2O. The van der Waals surface area contributed by atoms with Crippen LogP contribution >= 0.6 is 11.6 Å². The minimum atomic E-state index is 0.306. The van der Waals surface area contributed by atoms with Crippen molar-refractivity contribution >= 4 is 11.6 Å². The third-order valence-corrected chi connectivity index (χ3v) is 2.54. The number of nitrogens with zero attached hydrogens (tertiary/aromatic N) is 2. The average molecular weight is 237 g/mol. The summed E-state index contributed by atoms with van der Waals surface area (Å²) >= 11 is 6.01. The predicted octanol–water partition coefficient (Wildman–Crippen LogP) is 3.91. The molecule has 84 valence electrons. The van der Waals surface area contributed by atoms with E-state index in [1.165, 1.54) is 0 Å². The van der Waals surface area contributed by atoms with Crippen LogP contribution in [0.15, 0.2) is 36.7 Å². The Hall–Kier alpha value is -1.48. The molecule has 0 aliphatic rings. The van der Waals surface area contributed by atoms with Crippen molar-refractivity contribution in [2.75, 3.05) is 0 Å². The normalized spacial score (nSPS) is 10.8. The van der Waals surface area contributed by atoms with Gasteiger partial charge in [0.2, 0.25) is 0 Å². The molecule has 0 saturated carbocycles. The number of halogens is 1. The molecule has 3 nitrogen and oxygen atoms in total. The van der Waals surface area contributed by atoms with Crippen LogP contribution in [0, 0.1) is 0 Å². The fourth-order valence-electron chi connectivity index (χ4n) is 1.40. The Kier molecular flexibility index (Phi) is 3.15. The summed E-state index contributed by atoms with van der Waals surface area (Å²) in [4.78, 5) is 4.16. The van der Waals surface area contributed by atoms with E-state index in [1.807, 2.05) is 29.0 Å². The number of para-hydroxylation sites is 1. The highest BCUT2D eigenvalue weighted by molar-refractivity contribution is 6.32. The fourth-order valence-corrected chi connectivity index (χ4v) is 1.57. The number of ether oxygens (including phenoxy) is 1. The second kappa shape index (κ2) is 4.58. The summed E-state index contributed by atoms with van der Waals surface area (Å²) in [6.07, 6.45) is 3.60. The molecule has 0 radical (unpaired) electrons. The third-order valence-electron chi connectivity index (χ3n) is 2.23. The molecule has 0 saturated heterocycles. The van der Waals surface area contributed by atoms with E-state index < -0.39 is 0 Å². The highest BCUT2D eigenvalue weighted by atomic mass is 35.5. The van der Waals surface area contributed by atoms with Gasteiger partial charge in [-0.3, -0.25) is 4.57 Å². The van der Waals surface area contributed by atoms with Gasteiger partial charge in [0.15, 0.2) is 0 Å². The molecule has 0 amide bonds. The average Bonchev–Trinajstić information content (AvgIpc) is 2.69. The van der Waals surface area contributed by atoms with Crippen LogP contribution in [0.3, 0.4) is 0 Å². The molecule has 0 fully saturated rings. The second-order valence-corrected chi connectivity index (χ2v) is 4.15. The van der Waals surface area contributed by atoms with Crippen molar-refractivity contribution in [3.63, 3.8) is 0 Å². The standard InChI is InChI=1S/C12H13ClN2O/c1-9(2)15-8-7-14-12(15)16-11-6-4-3-5-10(11)13/h3-9H,1-2H3. The van der Waals surface area contributed by atoms with Gasteiger partial charge in [-0.25, -0.2) is 4.98 Å². The topological polar surface area (TPSA) is 27.1 Å². The Labute approximate surface area is 99.6 Å². The van der Waals surface area contributed by atoms with E-state index >= 15 is 0 Å². The summed E-state index contributed by atoms with van der Waals surface area (Å²) in [6, 6.07) is 8.22. The molecule has 0 aliphatic carbocycles. The van der Waals surface area contributed by atoms with Crippen molar-refractivity contribution in [1.82, 2.24) is 9.55 Å². The van der Waals surface area contributed by atoms with Crippen LogP contribution in [-0.4, -0.2) is 9.55 Å². The quantitative estimate of drug-likeness (QED) is 0.808. The highest BCUT2D eigenvalue weighted by Crippen LogP contribution is 2.28. The molecule has 0 atom stereocenters. The molecule has 1 aromatic carbocycles. The predicted molar refractivity (Wildman–Crippen MR) is 64.1 cm³/mol. The Morgan fingerprint density at radius 3 is 2.75 bits per heavy atom. The number of imidazole rings is 1. The minimum Gasteiger partial charge on any atom is -0.424 e. The van der Waals surface area contributed by atoms with Gasteiger partial charge in [-0.2, -0.15) is 0 Å². The Morgan fingerprint density at radius 1 is 1.31 bits per heavy atom. The number of hydrogen-bond acceptors (Lipinski definition) is 2. The lowest BCUT2D eigenvalue weighted by Crippen LogP contribution is -2.02. The maximum atomic E-state index is 6.01. The van der Waals surface area contributed by atoms with E-state index in [1.54, 1.807) is 12.3 Å². The molecule has 0 spiro atoms. The second-order valence-electron chi connectivity index (χ2n) is 3.74. The van der Waals surface area contributed by atoms with Crippen LogP contribution in [0.25, 0.3) is 0 Å². The first-order valence-corrected chi connectivity index (χ1v) is 5.51. The van der Waals surface area contributed by atoms with Gasteiger partial charge in [-0.1, -0.05) is 23.7 Å². The largest absolute Gasteiger partial charge is 0.424 e. The van der Waals surface area contributed by atoms with Crippen LogP contribution in [0.2, 0.25) is 5.02 Å². The smallest absolute Gasteiger partial charge is 0.302 e. The summed E-state index contributed by atoms with van der Waals surface area (Å²) in [6.45, 7) is 4.14. The maximum absolute atomic E-state index is 6.01. The number of rotatable bonds is 3. The van der Waals surface area contributed by atoms with Gasteiger partial charge in [0, 0.05) is 18.4 Å². The zero-order valence-corrected chi connectivity index (χ0v) is 9.98. The van der Waals surface area contributed by atoms with Crippen LogP contribution in [-0.2, 0) is 0 Å². The molecule has 0 aliphatic heterocycles. The lowest BCUT2D eigenvalue weighted by atomic mass is 10.3. The molecule has 1 heterocycles. The molecular weight excluding hydrogens is 224 g/mol. The summed E-state index contributed by atoms with van der Waals surface area (Å²) < 4.78 is 7.61. The molecule has 4 heteroatoms. The van der Waals surface area contributed by atoms with E-state index in [4.69, 9.17) is 16.3 Å². The summed E-state index contributed by atoms with van der Waals surface area (Å²) in [5.74, 6) is 0.622. The molecule has 1 aromatic heterocycles. The van der Waals surface area contributed by atoms with Crippen molar-refractivity contribution in [1.29, 1.82) is 0 Å². The van der Waals surface area contributed by atoms with Crippen molar-refractivity contribution in [2.45, 2.75) is 19.9 Å². The molecule has 2 aromatic rings. The first-order chi connectivity index (χ1) is 7.68. The zero-order chi connectivity index (χ0) is 11.5. The van der Waals surface area contributed by atoms with Gasteiger partial charge < -0.3 is 4.74 Å². The van der Waals surface area contributed by atoms with Crippen molar-refractivity contribution in [3.8, 4) is 11.8 Å². The Bertz CT molecular complexity index is 479. The van der Waals surface area contributed by atoms with Crippen molar-refractivity contribution in [2.24, 2.45) is 0 Å². The fraction of sp³-hybridized carbons (Fsp3) is 0.250. The van der Waals surface area contributed by atoms with Gasteiger partial charge in [-0.15, -0.1) is 0 Å². The Morgan fingerprint density at radius 2 is 2.06 bits per heavy atom. The van der Waals surface area contributed by atoms with Gasteiger partial charge in [0.25, 0.3) is 0 Å². The molecule has 0 N–H and O–H groups in total. The molecule has 16 heavy (non-hydrogen) atoms. The van der Waals surface area contributed by atoms with Gasteiger partial charge in [0.05, 0.1) is 5.02 Å². The van der Waals surface area contributed by atoms with Gasteiger partial charge >= 0.3 is 6.01 Å². The van der Waals surface area contributed by atoms with E-state index in [9.17, 15) is 0 Å². The van der Waals surface area contributed by atoms with E-state index in [-0.39, 0.29) is 0 Å². The first kappa shape index (κ1) is 11.0. The zero-order valence-electron chi connectivity index (χ0n) is 9.22. The van der Waals surface area contributed by atoms with E-state index in [0.29, 0.717) is 22.8 Å². The van der Waals surface area contributed by atoms with Gasteiger partial charge in [-0.05, 0) is 26.0 Å². The highest BCUT2D eigenvalue weighted by Gasteiger charge is 2.09. The Balaban J connectivity index is 2.27. The summed E-state index contributed by atoms with van der Waals surface area (Å²) in [7, 11) is 0. The third kappa shape index (κ3) is 2.19. The lowest BCUT2D eigenvalue weighted by molar-refractivity contribution is 0.396. The SMILES string of the molecule is CC(C)n1ccnc1Oc1ccccc1Cl. The van der Waals surface area contributed by atoms with Crippen molar-refractivity contribution < 1.29 is 4.74 Å². The van der Waals surface area contributed by atoms with Crippen LogP contribution in [0.5, 0.6) is 11.8 Å². The van der Waals surface area contributed by atoms with Gasteiger partial charge in [0.1, 0.15) is 5.75 Å². The molecule has 0 unspecified atom stereocenters. The molecule has 0 bridgehead atoms. The number of aromatic nitrogens is 2. The van der Waals surface area contributed by atoms with E-state index in [0.717, 1.165) is 0 Å².